The van der Waals surface area contributed by atoms with Crippen LogP contribution in [-0.2, 0) is 27.3 Å². The van der Waals surface area contributed by atoms with Crippen molar-refractivity contribution in [3.63, 3.8) is 0 Å². The molecule has 27 heavy (non-hydrogen) atoms. The van der Waals surface area contributed by atoms with Gasteiger partial charge in [-0.05, 0) is 23.6 Å². The van der Waals surface area contributed by atoms with Gasteiger partial charge in [0.1, 0.15) is 6.61 Å². The summed E-state index contributed by atoms with van der Waals surface area (Å²) in [4.78, 5) is 22.9. The minimum Gasteiger partial charge on any atom is -0.469 e. The predicted octanol–water partition coefficient (Wildman–Crippen LogP) is 3.46. The van der Waals surface area contributed by atoms with Crippen molar-refractivity contribution in [3.8, 4) is 11.8 Å². The Labute approximate surface area is 159 Å². The summed E-state index contributed by atoms with van der Waals surface area (Å²) < 4.78 is 9.80. The minimum absolute atomic E-state index is 0.240. The number of aryl methyl sites for hydroxylation is 1. The van der Waals surface area contributed by atoms with E-state index in [0.717, 1.165) is 16.7 Å². The van der Waals surface area contributed by atoms with E-state index in [1.165, 1.54) is 7.11 Å². The lowest BCUT2D eigenvalue weighted by Gasteiger charge is -2.05. The van der Waals surface area contributed by atoms with E-state index < -0.39 is 6.09 Å². The molecule has 0 bridgehead atoms. The fourth-order valence-corrected chi connectivity index (χ4v) is 2.36. The van der Waals surface area contributed by atoms with Gasteiger partial charge in [0.05, 0.1) is 7.11 Å². The molecule has 0 aliphatic heterocycles. The van der Waals surface area contributed by atoms with Gasteiger partial charge in [0.15, 0.2) is 0 Å². The fraction of sp³-hybridized carbons (Fsp3) is 0.273. The number of esters is 1. The summed E-state index contributed by atoms with van der Waals surface area (Å²) in [7, 11) is 1.38. The summed E-state index contributed by atoms with van der Waals surface area (Å²) in [6, 6.07) is 17.2. The van der Waals surface area contributed by atoms with E-state index >= 15 is 0 Å². The molecular formula is C22H23NO4. The second kappa shape index (κ2) is 11.4. The molecule has 140 valence electrons. The molecule has 0 radical (unpaired) electrons. The van der Waals surface area contributed by atoms with E-state index in [9.17, 15) is 9.59 Å². The van der Waals surface area contributed by atoms with Crippen LogP contribution in [0, 0.1) is 11.8 Å². The number of amides is 1. The molecule has 1 N–H and O–H groups in total. The van der Waals surface area contributed by atoms with E-state index in [4.69, 9.17) is 4.74 Å². The smallest absolute Gasteiger partial charge is 0.407 e. The highest BCUT2D eigenvalue weighted by Gasteiger charge is 2.04. The van der Waals surface area contributed by atoms with Crippen LogP contribution in [0.25, 0.3) is 0 Å². The topological polar surface area (TPSA) is 64.6 Å². The zero-order chi connectivity index (χ0) is 19.3. The second-order valence-corrected chi connectivity index (χ2v) is 5.77. The van der Waals surface area contributed by atoms with Crippen LogP contribution < -0.4 is 5.32 Å². The summed E-state index contributed by atoms with van der Waals surface area (Å²) in [5.41, 5.74) is 2.83. The average Bonchev–Trinajstić information content (AvgIpc) is 2.71. The quantitative estimate of drug-likeness (QED) is 0.464. The van der Waals surface area contributed by atoms with Gasteiger partial charge in [-0.1, -0.05) is 60.4 Å². The van der Waals surface area contributed by atoms with Gasteiger partial charge < -0.3 is 14.8 Å². The Bertz CT molecular complexity index is 806. The Balaban J connectivity index is 1.73. The lowest BCUT2D eigenvalue weighted by atomic mass is 10.0. The molecule has 0 atom stereocenters. The van der Waals surface area contributed by atoms with Crippen molar-refractivity contribution in [2.75, 3.05) is 13.7 Å². The molecule has 0 aliphatic rings. The van der Waals surface area contributed by atoms with Crippen molar-refractivity contribution in [1.82, 2.24) is 5.32 Å². The summed E-state index contributed by atoms with van der Waals surface area (Å²) in [5, 5.41) is 2.68. The van der Waals surface area contributed by atoms with Crippen molar-refractivity contribution in [2.45, 2.75) is 25.9 Å². The molecule has 0 unspecified atom stereocenters. The average molecular weight is 365 g/mol. The molecule has 0 saturated carbocycles. The maximum Gasteiger partial charge on any atom is 0.407 e. The molecule has 2 aromatic rings. The van der Waals surface area contributed by atoms with Gasteiger partial charge >= 0.3 is 12.1 Å². The first kappa shape index (κ1) is 20.1. The van der Waals surface area contributed by atoms with Crippen molar-refractivity contribution in [1.29, 1.82) is 0 Å². The number of rotatable bonds is 7. The van der Waals surface area contributed by atoms with Crippen LogP contribution in [0.15, 0.2) is 54.6 Å². The number of methoxy groups -OCH3 is 1. The first-order valence-corrected chi connectivity index (χ1v) is 8.77. The van der Waals surface area contributed by atoms with Gasteiger partial charge in [0.25, 0.3) is 0 Å². The van der Waals surface area contributed by atoms with Gasteiger partial charge in [-0.3, -0.25) is 4.79 Å². The van der Waals surface area contributed by atoms with Crippen molar-refractivity contribution in [3.05, 3.63) is 71.3 Å². The molecule has 0 aliphatic carbocycles. The number of hydrogen-bond acceptors (Lipinski definition) is 4. The minimum atomic E-state index is -0.459. The molecule has 0 heterocycles. The van der Waals surface area contributed by atoms with E-state index in [2.05, 4.69) is 21.9 Å². The van der Waals surface area contributed by atoms with Crippen LogP contribution in [0.4, 0.5) is 4.79 Å². The van der Waals surface area contributed by atoms with Crippen molar-refractivity contribution in [2.24, 2.45) is 0 Å². The van der Waals surface area contributed by atoms with Crippen molar-refractivity contribution >= 4 is 12.1 Å². The van der Waals surface area contributed by atoms with Crippen LogP contribution in [0.5, 0.6) is 0 Å². The monoisotopic (exact) mass is 365 g/mol. The van der Waals surface area contributed by atoms with Crippen LogP contribution in [0.2, 0.25) is 0 Å². The van der Waals surface area contributed by atoms with Crippen LogP contribution in [0.1, 0.15) is 29.5 Å². The van der Waals surface area contributed by atoms with Gasteiger partial charge in [0.2, 0.25) is 0 Å². The molecular weight excluding hydrogens is 342 g/mol. The molecule has 0 fully saturated rings. The normalized spacial score (nSPS) is 9.67. The zero-order valence-electron chi connectivity index (χ0n) is 15.4. The number of nitrogens with one attached hydrogen (secondary N) is 1. The highest BCUT2D eigenvalue weighted by atomic mass is 16.5. The second-order valence-electron chi connectivity index (χ2n) is 5.77. The van der Waals surface area contributed by atoms with Crippen LogP contribution in [-0.4, -0.2) is 25.7 Å². The van der Waals surface area contributed by atoms with Crippen molar-refractivity contribution < 1.29 is 19.1 Å². The number of alkyl carbamates (subject to hydrolysis) is 1. The third kappa shape index (κ3) is 7.66. The maximum atomic E-state index is 11.7. The predicted molar refractivity (Wildman–Crippen MR) is 103 cm³/mol. The van der Waals surface area contributed by atoms with E-state index in [1.54, 1.807) is 0 Å². The summed E-state index contributed by atoms with van der Waals surface area (Å²) in [6.45, 7) is 0.650. The van der Waals surface area contributed by atoms with Gasteiger partial charge in [-0.2, -0.15) is 0 Å². The Morgan fingerprint density at radius 3 is 2.56 bits per heavy atom. The largest absolute Gasteiger partial charge is 0.469 e. The summed E-state index contributed by atoms with van der Waals surface area (Å²) >= 11 is 0. The lowest BCUT2D eigenvalue weighted by Crippen LogP contribution is -2.24. The Morgan fingerprint density at radius 1 is 1.04 bits per heavy atom. The number of carbonyl (C=O) groups excluding carboxylic acids is 2. The first-order chi connectivity index (χ1) is 13.2. The third-order valence-electron chi connectivity index (χ3n) is 3.80. The Hall–Kier alpha value is -3.26. The van der Waals surface area contributed by atoms with E-state index in [1.807, 2.05) is 54.6 Å². The number of ether oxygens (including phenoxy) is 2. The molecule has 0 aromatic heterocycles. The van der Waals surface area contributed by atoms with Crippen LogP contribution in [0.3, 0.4) is 0 Å². The van der Waals surface area contributed by atoms with Crippen LogP contribution >= 0.6 is 0 Å². The molecule has 2 aromatic carbocycles. The molecule has 5 nitrogen and oxygen atoms in total. The van der Waals surface area contributed by atoms with Gasteiger partial charge in [0, 0.05) is 24.9 Å². The fourth-order valence-electron chi connectivity index (χ4n) is 2.36. The molecule has 1 amide bonds. The summed E-state index contributed by atoms with van der Waals surface area (Å²) in [5.74, 6) is 5.89. The molecule has 0 saturated heterocycles. The maximum absolute atomic E-state index is 11.7. The highest BCUT2D eigenvalue weighted by molar-refractivity contribution is 5.69. The third-order valence-corrected chi connectivity index (χ3v) is 3.80. The first-order valence-electron chi connectivity index (χ1n) is 8.77. The van der Waals surface area contributed by atoms with E-state index in [0.29, 0.717) is 25.8 Å². The molecule has 0 spiro atoms. The Kier molecular flexibility index (Phi) is 8.45. The van der Waals surface area contributed by atoms with Gasteiger partial charge in [-0.15, -0.1) is 0 Å². The van der Waals surface area contributed by atoms with E-state index in [-0.39, 0.29) is 12.6 Å². The Morgan fingerprint density at radius 2 is 1.78 bits per heavy atom. The molecule has 2 rings (SSSR count). The SMILES string of the molecule is COC(=O)CCc1ccccc1C#CCCNC(=O)OCc1ccccc1. The lowest BCUT2D eigenvalue weighted by molar-refractivity contribution is -0.140. The molecule has 5 heteroatoms. The number of carbonyl (C=O) groups is 2. The van der Waals surface area contributed by atoms with Gasteiger partial charge in [-0.25, -0.2) is 4.79 Å². The highest BCUT2D eigenvalue weighted by Crippen LogP contribution is 2.10. The summed E-state index contributed by atoms with van der Waals surface area (Å²) in [6.07, 6.45) is 0.955. The standard InChI is InChI=1S/C22H23NO4/c1-26-21(24)15-14-20-12-6-5-11-19(20)13-7-8-16-23-22(25)27-17-18-9-3-2-4-10-18/h2-6,9-12H,8,14-17H2,1H3,(H,23,25). The number of benzene rings is 2. The number of hydrogen-bond donors (Lipinski definition) is 1. The zero-order valence-corrected chi connectivity index (χ0v) is 15.4.